The van der Waals surface area contributed by atoms with Crippen LogP contribution in [0.4, 0.5) is 11.4 Å². The van der Waals surface area contributed by atoms with Crippen molar-refractivity contribution in [2.24, 2.45) is 0 Å². The van der Waals surface area contributed by atoms with Gasteiger partial charge in [0.25, 0.3) is 11.6 Å². The van der Waals surface area contributed by atoms with Gasteiger partial charge in [-0.2, -0.15) is 0 Å². The molecule has 0 unspecified atom stereocenters. The zero-order valence-corrected chi connectivity index (χ0v) is 17.8. The maximum atomic E-state index is 12.4. The Morgan fingerprint density at radius 3 is 2.48 bits per heavy atom. The van der Waals surface area contributed by atoms with Gasteiger partial charge in [-0.25, -0.2) is 4.79 Å². The number of esters is 1. The molecule has 0 N–H and O–H groups in total. The van der Waals surface area contributed by atoms with Gasteiger partial charge in [0.15, 0.2) is 6.61 Å². The Morgan fingerprint density at radius 2 is 1.76 bits per heavy atom. The Balaban J connectivity index is 1.26. The third-order valence-corrected chi connectivity index (χ3v) is 5.46. The zero-order chi connectivity index (χ0) is 23.2. The number of hydrogen-bond acceptors (Lipinski definition) is 7. The van der Waals surface area contributed by atoms with Gasteiger partial charge in [0.2, 0.25) is 0 Å². The highest BCUT2D eigenvalue weighted by Gasteiger charge is 2.22. The molecule has 4 rings (SSSR count). The van der Waals surface area contributed by atoms with Crippen molar-refractivity contribution in [2.75, 3.05) is 37.7 Å². The number of pyridine rings is 1. The molecule has 2 aromatic carbocycles. The van der Waals surface area contributed by atoms with Gasteiger partial charge in [0.1, 0.15) is 0 Å². The number of nitro benzene ring substituents is 1. The van der Waals surface area contributed by atoms with Crippen LogP contribution in [0, 0.1) is 10.1 Å². The molecule has 0 radical (unpaired) electrons. The number of nitro groups is 1. The van der Waals surface area contributed by atoms with Crippen LogP contribution in [0.2, 0.25) is 0 Å². The fourth-order valence-electron chi connectivity index (χ4n) is 3.69. The molecule has 9 heteroatoms. The third-order valence-electron chi connectivity index (χ3n) is 5.46. The van der Waals surface area contributed by atoms with Crippen LogP contribution in [-0.4, -0.2) is 59.5 Å². The van der Waals surface area contributed by atoms with E-state index in [4.69, 9.17) is 4.74 Å². The van der Waals surface area contributed by atoms with Crippen molar-refractivity contribution in [3.8, 4) is 0 Å². The summed E-state index contributed by atoms with van der Waals surface area (Å²) in [6.45, 7) is 1.81. The van der Waals surface area contributed by atoms with Crippen molar-refractivity contribution in [1.29, 1.82) is 0 Å². The highest BCUT2D eigenvalue weighted by atomic mass is 16.6. The lowest BCUT2D eigenvalue weighted by atomic mass is 10.1. The quantitative estimate of drug-likeness (QED) is 0.248. The maximum absolute atomic E-state index is 12.4. The highest BCUT2D eigenvalue weighted by molar-refractivity contribution is 5.93. The lowest BCUT2D eigenvalue weighted by molar-refractivity contribution is -0.384. The SMILES string of the molecule is O=C(/C=C/c1cccc2cccnc12)OCC(=O)N1CCN(c2ccc([N+](=O)[O-])cc2)CC1. The van der Waals surface area contributed by atoms with Crippen molar-refractivity contribution in [2.45, 2.75) is 0 Å². The maximum Gasteiger partial charge on any atom is 0.331 e. The second-order valence-corrected chi connectivity index (χ2v) is 7.50. The minimum atomic E-state index is -0.596. The number of hydrogen-bond donors (Lipinski definition) is 0. The predicted octanol–water partition coefficient (Wildman–Crippen LogP) is 3.05. The number of amides is 1. The normalized spacial score (nSPS) is 13.9. The summed E-state index contributed by atoms with van der Waals surface area (Å²) in [6.07, 6.45) is 4.62. The number of carbonyl (C=O) groups excluding carboxylic acids is 2. The van der Waals surface area contributed by atoms with Gasteiger partial charge in [-0.3, -0.25) is 19.9 Å². The fraction of sp³-hybridized carbons (Fsp3) is 0.208. The number of anilines is 1. The van der Waals surface area contributed by atoms with E-state index in [-0.39, 0.29) is 18.2 Å². The number of benzene rings is 2. The average Bonchev–Trinajstić information content (AvgIpc) is 2.86. The number of rotatable bonds is 6. The first kappa shape index (κ1) is 21.9. The summed E-state index contributed by atoms with van der Waals surface area (Å²) in [5.74, 6) is -0.854. The summed E-state index contributed by atoms with van der Waals surface area (Å²) in [4.78, 5) is 42.9. The van der Waals surface area contributed by atoms with E-state index in [9.17, 15) is 19.7 Å². The second kappa shape index (κ2) is 9.90. The van der Waals surface area contributed by atoms with Crippen molar-refractivity contribution >= 4 is 40.2 Å². The Bertz CT molecular complexity index is 1200. The topological polar surface area (TPSA) is 106 Å². The number of non-ortho nitro benzene ring substituents is 1. The van der Waals surface area contributed by atoms with Gasteiger partial charge < -0.3 is 14.5 Å². The molecule has 1 saturated heterocycles. The third kappa shape index (κ3) is 5.32. The summed E-state index contributed by atoms with van der Waals surface area (Å²) < 4.78 is 5.12. The minimum Gasteiger partial charge on any atom is -0.452 e. The monoisotopic (exact) mass is 446 g/mol. The molecular weight excluding hydrogens is 424 g/mol. The summed E-state index contributed by atoms with van der Waals surface area (Å²) in [5.41, 5.74) is 2.48. The van der Waals surface area contributed by atoms with Crippen LogP contribution in [0.5, 0.6) is 0 Å². The molecular formula is C24H22N4O5. The van der Waals surface area contributed by atoms with E-state index in [2.05, 4.69) is 9.88 Å². The lowest BCUT2D eigenvalue weighted by Crippen LogP contribution is -2.49. The Kier molecular flexibility index (Phi) is 6.58. The summed E-state index contributed by atoms with van der Waals surface area (Å²) in [7, 11) is 0. The summed E-state index contributed by atoms with van der Waals surface area (Å²) in [5, 5.41) is 11.8. The zero-order valence-electron chi connectivity index (χ0n) is 17.8. The summed E-state index contributed by atoms with van der Waals surface area (Å²) >= 11 is 0. The highest BCUT2D eigenvalue weighted by Crippen LogP contribution is 2.21. The van der Waals surface area contributed by atoms with Crippen molar-refractivity contribution in [3.05, 3.63) is 82.5 Å². The van der Waals surface area contributed by atoms with E-state index in [0.717, 1.165) is 22.2 Å². The number of fused-ring (bicyclic) bond motifs is 1. The Labute approximate surface area is 190 Å². The van der Waals surface area contributed by atoms with E-state index in [1.54, 1.807) is 29.3 Å². The van der Waals surface area contributed by atoms with Crippen molar-refractivity contribution in [1.82, 2.24) is 9.88 Å². The smallest absolute Gasteiger partial charge is 0.331 e. The van der Waals surface area contributed by atoms with Crippen molar-refractivity contribution < 1.29 is 19.2 Å². The number of carbonyl (C=O) groups is 2. The Hall–Kier alpha value is -4.27. The first-order valence-corrected chi connectivity index (χ1v) is 10.5. The van der Waals surface area contributed by atoms with Gasteiger partial charge in [0.05, 0.1) is 10.4 Å². The molecule has 0 spiro atoms. The van der Waals surface area contributed by atoms with E-state index >= 15 is 0 Å². The van der Waals surface area contributed by atoms with Gasteiger partial charge in [-0.1, -0.05) is 24.3 Å². The van der Waals surface area contributed by atoms with Crippen LogP contribution in [-0.2, 0) is 14.3 Å². The molecule has 0 bridgehead atoms. The van der Waals surface area contributed by atoms with Crippen LogP contribution in [0.15, 0.2) is 66.9 Å². The first-order valence-electron chi connectivity index (χ1n) is 10.5. The Morgan fingerprint density at radius 1 is 1.03 bits per heavy atom. The number of piperazine rings is 1. The minimum absolute atomic E-state index is 0.0418. The molecule has 1 fully saturated rings. The molecule has 1 aliphatic rings. The van der Waals surface area contributed by atoms with E-state index < -0.39 is 10.9 Å². The molecule has 0 atom stereocenters. The summed E-state index contributed by atoms with van der Waals surface area (Å²) in [6, 6.07) is 15.8. The van der Waals surface area contributed by atoms with E-state index in [0.29, 0.717) is 26.2 Å². The number of nitrogens with zero attached hydrogens (tertiary/aromatic N) is 4. The van der Waals surface area contributed by atoms with Crippen molar-refractivity contribution in [3.63, 3.8) is 0 Å². The number of ether oxygens (including phenoxy) is 1. The molecule has 0 saturated carbocycles. The molecule has 1 aromatic heterocycles. The molecule has 2 heterocycles. The van der Waals surface area contributed by atoms with Crippen LogP contribution in [0.25, 0.3) is 17.0 Å². The first-order chi connectivity index (χ1) is 16.0. The molecule has 1 aliphatic heterocycles. The van der Waals surface area contributed by atoms with Gasteiger partial charge in [-0.05, 0) is 24.3 Å². The molecule has 3 aromatic rings. The van der Waals surface area contributed by atoms with Crippen LogP contribution in [0.1, 0.15) is 5.56 Å². The number of para-hydroxylation sites is 1. The van der Waals surface area contributed by atoms with Gasteiger partial charge in [0, 0.05) is 67.2 Å². The molecule has 168 valence electrons. The van der Waals surface area contributed by atoms with E-state index in [1.807, 2.05) is 30.3 Å². The van der Waals surface area contributed by atoms with Gasteiger partial charge >= 0.3 is 5.97 Å². The lowest BCUT2D eigenvalue weighted by Gasteiger charge is -2.36. The fourth-order valence-corrected chi connectivity index (χ4v) is 3.69. The van der Waals surface area contributed by atoms with Crippen LogP contribution in [0.3, 0.4) is 0 Å². The second-order valence-electron chi connectivity index (χ2n) is 7.50. The van der Waals surface area contributed by atoms with Crippen LogP contribution < -0.4 is 4.90 Å². The van der Waals surface area contributed by atoms with Crippen LogP contribution >= 0.6 is 0 Å². The van der Waals surface area contributed by atoms with Gasteiger partial charge in [-0.15, -0.1) is 0 Å². The molecule has 0 aliphatic carbocycles. The standard InChI is InChI=1S/C24H22N4O5/c29-22(27-15-13-26(14-16-27)20-7-9-21(10-8-20)28(31)32)17-33-23(30)11-6-19-4-1-3-18-5-2-12-25-24(18)19/h1-12H,13-17H2/b11-6+. The predicted molar refractivity (Wildman–Crippen MR) is 124 cm³/mol. The molecule has 9 nitrogen and oxygen atoms in total. The average molecular weight is 446 g/mol. The molecule has 1 amide bonds. The van der Waals surface area contributed by atoms with E-state index in [1.165, 1.54) is 18.2 Å². The largest absolute Gasteiger partial charge is 0.452 e. The number of aromatic nitrogens is 1. The molecule has 33 heavy (non-hydrogen) atoms.